The number of amides is 1. The molecule has 10 heteroatoms. The van der Waals surface area contributed by atoms with Crippen molar-refractivity contribution in [1.29, 1.82) is 0 Å². The van der Waals surface area contributed by atoms with E-state index in [1.165, 1.54) is 11.6 Å². The highest BCUT2D eigenvalue weighted by Crippen LogP contribution is 2.22. The summed E-state index contributed by atoms with van der Waals surface area (Å²) in [6, 6.07) is 4.86. The summed E-state index contributed by atoms with van der Waals surface area (Å²) in [4.78, 5) is 43.1. The summed E-state index contributed by atoms with van der Waals surface area (Å²) in [5.74, 6) is -0.373. The van der Waals surface area contributed by atoms with Crippen LogP contribution in [0.15, 0.2) is 27.8 Å². The molecule has 8 nitrogen and oxygen atoms in total. The molecule has 0 atom stereocenters. The third-order valence-electron chi connectivity index (χ3n) is 3.69. The Morgan fingerprint density at radius 3 is 2.64 bits per heavy atom. The highest BCUT2D eigenvalue weighted by atomic mass is 35.5. The predicted octanol–water partition coefficient (Wildman–Crippen LogP) is 0.806. The van der Waals surface area contributed by atoms with Gasteiger partial charge in [0.1, 0.15) is 11.3 Å². The van der Waals surface area contributed by atoms with E-state index < -0.39 is 17.2 Å². The van der Waals surface area contributed by atoms with E-state index in [0.717, 1.165) is 4.57 Å². The Hall–Kier alpha value is -2.58. The number of fused-ring (bicyclic) bond motifs is 1. The van der Waals surface area contributed by atoms with Gasteiger partial charge < -0.3 is 10.7 Å². The van der Waals surface area contributed by atoms with Crippen molar-refractivity contribution >= 4 is 40.3 Å². The molecule has 0 bridgehead atoms. The second kappa shape index (κ2) is 6.38. The fraction of sp³-hybridized carbons (Fsp3) is 0.200. The van der Waals surface area contributed by atoms with Crippen LogP contribution in [0.4, 0.5) is 0 Å². The molecule has 0 saturated carbocycles. The number of benzene rings is 1. The van der Waals surface area contributed by atoms with Gasteiger partial charge >= 0.3 is 5.69 Å². The lowest BCUT2D eigenvalue weighted by molar-refractivity contribution is -0.117. The van der Waals surface area contributed by atoms with Gasteiger partial charge in [0.05, 0.1) is 23.0 Å². The fourth-order valence-electron chi connectivity index (χ4n) is 2.51. The minimum absolute atomic E-state index is 0.0164. The molecule has 0 spiro atoms. The van der Waals surface area contributed by atoms with E-state index in [1.807, 2.05) is 0 Å². The number of aromatic nitrogens is 4. The van der Waals surface area contributed by atoms with Gasteiger partial charge in [-0.1, -0.05) is 29.3 Å². The Morgan fingerprint density at radius 1 is 1.28 bits per heavy atom. The zero-order valence-corrected chi connectivity index (χ0v) is 14.6. The first-order valence-corrected chi connectivity index (χ1v) is 7.94. The van der Waals surface area contributed by atoms with E-state index in [0.29, 0.717) is 15.6 Å². The van der Waals surface area contributed by atoms with Crippen molar-refractivity contribution in [2.24, 2.45) is 12.8 Å². The number of primary amides is 1. The molecule has 25 heavy (non-hydrogen) atoms. The number of nitrogens with two attached hydrogens (primary N) is 1. The van der Waals surface area contributed by atoms with Gasteiger partial charge in [-0.2, -0.15) is 0 Å². The van der Waals surface area contributed by atoms with Crippen LogP contribution in [-0.4, -0.2) is 25.0 Å². The zero-order valence-electron chi connectivity index (χ0n) is 13.0. The summed E-state index contributed by atoms with van der Waals surface area (Å²) in [7, 11) is 1.49. The van der Waals surface area contributed by atoms with Gasteiger partial charge in [-0.3, -0.25) is 18.7 Å². The largest absolute Gasteiger partial charge is 0.369 e. The molecule has 1 aromatic carbocycles. The predicted molar refractivity (Wildman–Crippen MR) is 94.1 cm³/mol. The number of hydrogen-bond acceptors (Lipinski definition) is 4. The van der Waals surface area contributed by atoms with Crippen LogP contribution in [0.2, 0.25) is 10.0 Å². The number of rotatable bonds is 4. The van der Waals surface area contributed by atoms with Crippen molar-refractivity contribution < 1.29 is 4.79 Å². The lowest BCUT2D eigenvalue weighted by Crippen LogP contribution is -2.39. The molecular formula is C15H13Cl2N5O3. The second-order valence-electron chi connectivity index (χ2n) is 5.51. The maximum atomic E-state index is 12.7. The summed E-state index contributed by atoms with van der Waals surface area (Å²) in [5, 5.41) is 0.709. The Labute approximate surface area is 150 Å². The van der Waals surface area contributed by atoms with Crippen LogP contribution < -0.4 is 17.0 Å². The molecule has 1 amide bonds. The van der Waals surface area contributed by atoms with Crippen LogP contribution in [-0.2, 0) is 24.8 Å². The summed E-state index contributed by atoms with van der Waals surface area (Å²) in [5.41, 5.74) is 4.98. The smallest absolute Gasteiger partial charge is 0.332 e. The summed E-state index contributed by atoms with van der Waals surface area (Å²) < 4.78 is 2.28. The molecule has 0 saturated heterocycles. The second-order valence-corrected chi connectivity index (χ2v) is 6.32. The van der Waals surface area contributed by atoms with Gasteiger partial charge in [-0.15, -0.1) is 0 Å². The van der Waals surface area contributed by atoms with E-state index >= 15 is 0 Å². The molecule has 0 aliphatic carbocycles. The average Bonchev–Trinajstić information content (AvgIpc) is 2.96. The highest BCUT2D eigenvalue weighted by Gasteiger charge is 2.16. The van der Waals surface area contributed by atoms with Gasteiger partial charge in [-0.25, -0.2) is 9.78 Å². The maximum absolute atomic E-state index is 12.7. The van der Waals surface area contributed by atoms with E-state index in [1.54, 1.807) is 18.2 Å². The molecule has 3 N–H and O–H groups in total. The number of hydrogen-bond donors (Lipinski definition) is 2. The van der Waals surface area contributed by atoms with Crippen LogP contribution in [0.25, 0.3) is 11.2 Å². The van der Waals surface area contributed by atoms with E-state index in [9.17, 15) is 14.4 Å². The molecule has 3 rings (SSSR count). The van der Waals surface area contributed by atoms with Crippen molar-refractivity contribution in [2.75, 3.05) is 0 Å². The van der Waals surface area contributed by atoms with Crippen LogP contribution in [0.1, 0.15) is 11.4 Å². The number of nitrogens with zero attached hydrogens (tertiary/aromatic N) is 3. The number of imidazole rings is 1. The first kappa shape index (κ1) is 17.2. The molecule has 0 aliphatic heterocycles. The Balaban J connectivity index is 2.15. The molecular weight excluding hydrogens is 369 g/mol. The third kappa shape index (κ3) is 3.18. The van der Waals surface area contributed by atoms with Crippen molar-refractivity contribution in [3.05, 3.63) is 60.5 Å². The number of aryl methyl sites for hydroxylation is 1. The normalized spacial score (nSPS) is 11.2. The monoisotopic (exact) mass is 381 g/mol. The SMILES string of the molecule is Cn1c(=O)n(Cc2ccc(Cl)c(Cl)c2)c(=O)c2[nH]c(CC(N)=O)nc21. The van der Waals surface area contributed by atoms with Gasteiger partial charge in [0.15, 0.2) is 5.65 Å². The maximum Gasteiger partial charge on any atom is 0.332 e. The first-order chi connectivity index (χ1) is 11.8. The highest BCUT2D eigenvalue weighted by molar-refractivity contribution is 6.42. The van der Waals surface area contributed by atoms with Crippen molar-refractivity contribution in [3.8, 4) is 0 Å². The molecule has 130 valence electrons. The van der Waals surface area contributed by atoms with Crippen LogP contribution in [0.5, 0.6) is 0 Å². The molecule has 0 fully saturated rings. The van der Waals surface area contributed by atoms with Crippen LogP contribution in [0, 0.1) is 0 Å². The van der Waals surface area contributed by atoms with Gasteiger partial charge in [0, 0.05) is 7.05 Å². The Bertz CT molecular complexity index is 1110. The number of aromatic amines is 1. The van der Waals surface area contributed by atoms with Gasteiger partial charge in [-0.05, 0) is 17.7 Å². The molecule has 0 radical (unpaired) electrons. The number of halogens is 2. The minimum Gasteiger partial charge on any atom is -0.369 e. The molecule has 2 heterocycles. The van der Waals surface area contributed by atoms with E-state index in [2.05, 4.69) is 9.97 Å². The zero-order chi connectivity index (χ0) is 18.3. The number of carbonyl (C=O) groups excluding carboxylic acids is 1. The van der Waals surface area contributed by atoms with Crippen molar-refractivity contribution in [1.82, 2.24) is 19.1 Å². The lowest BCUT2D eigenvalue weighted by atomic mass is 10.2. The molecule has 2 aromatic heterocycles. The molecule has 0 aliphatic rings. The van der Waals surface area contributed by atoms with Gasteiger partial charge in [0.25, 0.3) is 5.56 Å². The van der Waals surface area contributed by atoms with Gasteiger partial charge in [0.2, 0.25) is 5.91 Å². The quantitative estimate of drug-likeness (QED) is 0.695. The summed E-state index contributed by atoms with van der Waals surface area (Å²) >= 11 is 11.9. The van der Waals surface area contributed by atoms with Crippen molar-refractivity contribution in [2.45, 2.75) is 13.0 Å². The third-order valence-corrected chi connectivity index (χ3v) is 4.43. The van der Waals surface area contributed by atoms with Crippen LogP contribution >= 0.6 is 23.2 Å². The van der Waals surface area contributed by atoms with E-state index in [4.69, 9.17) is 28.9 Å². The Kier molecular flexibility index (Phi) is 4.40. The first-order valence-electron chi connectivity index (χ1n) is 7.18. The summed E-state index contributed by atoms with van der Waals surface area (Å²) in [6.07, 6.45) is -0.158. The standard InChI is InChI=1S/C15H13Cl2N5O3/c1-21-13-12(19-11(20-13)5-10(18)23)14(24)22(15(21)25)6-7-2-3-8(16)9(17)4-7/h2-4H,5-6H2,1H3,(H2,18,23)(H,19,20). The van der Waals surface area contributed by atoms with E-state index in [-0.39, 0.29) is 30.0 Å². The topological polar surface area (TPSA) is 116 Å². The molecule has 0 unspecified atom stereocenters. The summed E-state index contributed by atoms with van der Waals surface area (Å²) in [6.45, 7) is 0.0164. The lowest BCUT2D eigenvalue weighted by Gasteiger charge is -2.08. The van der Waals surface area contributed by atoms with Crippen LogP contribution in [0.3, 0.4) is 0 Å². The average molecular weight is 382 g/mol. The Morgan fingerprint density at radius 2 is 2.00 bits per heavy atom. The minimum atomic E-state index is -0.597. The van der Waals surface area contributed by atoms with Crippen molar-refractivity contribution in [3.63, 3.8) is 0 Å². The number of carbonyl (C=O) groups is 1. The fourth-order valence-corrected chi connectivity index (χ4v) is 2.83. The number of nitrogens with one attached hydrogen (secondary N) is 1. The molecule has 3 aromatic rings. The number of H-pyrrole nitrogens is 1.